The molecule has 0 N–H and O–H groups in total. The van der Waals surface area contributed by atoms with E-state index in [4.69, 9.17) is 11.6 Å². The van der Waals surface area contributed by atoms with E-state index in [2.05, 4.69) is 25.8 Å². The minimum Gasteiger partial charge on any atom is -0.342 e. The zero-order valence-corrected chi connectivity index (χ0v) is 11.3. The van der Waals surface area contributed by atoms with Crippen LogP contribution in [0.5, 0.6) is 0 Å². The molecule has 1 aliphatic rings. The Kier molecular flexibility index (Phi) is 5.56. The molecule has 0 aromatic rings. The summed E-state index contributed by atoms with van der Waals surface area (Å²) < 4.78 is 0. The molecule has 1 fully saturated rings. The number of rotatable bonds is 4. The van der Waals surface area contributed by atoms with Gasteiger partial charge < -0.3 is 9.80 Å². The predicted molar refractivity (Wildman–Crippen MR) is 67.8 cm³/mol. The van der Waals surface area contributed by atoms with Crippen LogP contribution in [0, 0.1) is 5.92 Å². The van der Waals surface area contributed by atoms with Gasteiger partial charge in [-0.15, -0.1) is 11.6 Å². The summed E-state index contributed by atoms with van der Waals surface area (Å²) >= 11 is 5.55. The summed E-state index contributed by atoms with van der Waals surface area (Å²) in [5.74, 6) is 0.931. The van der Waals surface area contributed by atoms with Gasteiger partial charge in [-0.05, 0) is 39.7 Å². The average Bonchev–Trinajstić information content (AvgIpc) is 2.28. The number of halogens is 1. The van der Waals surface area contributed by atoms with Crippen molar-refractivity contribution >= 4 is 17.5 Å². The van der Waals surface area contributed by atoms with Gasteiger partial charge in [-0.3, -0.25) is 4.79 Å². The molecule has 0 atom stereocenters. The number of carbonyl (C=O) groups excluding carboxylic acids is 1. The Morgan fingerprint density at radius 2 is 2.00 bits per heavy atom. The Balaban J connectivity index is 2.29. The molecular formula is C12H23ClN2O. The van der Waals surface area contributed by atoms with Crippen molar-refractivity contribution in [2.24, 2.45) is 5.92 Å². The normalized spacial score (nSPS) is 18.5. The van der Waals surface area contributed by atoms with E-state index in [9.17, 15) is 4.79 Å². The Morgan fingerprint density at radius 1 is 1.44 bits per heavy atom. The second-order valence-electron chi connectivity index (χ2n) is 4.99. The molecule has 0 radical (unpaired) electrons. The lowest BCUT2D eigenvalue weighted by atomic mass is 9.96. The fraction of sp³-hybridized carbons (Fsp3) is 0.917. The van der Waals surface area contributed by atoms with Crippen molar-refractivity contribution in [3.8, 4) is 0 Å². The van der Waals surface area contributed by atoms with Crippen LogP contribution in [0.3, 0.4) is 0 Å². The lowest BCUT2D eigenvalue weighted by Gasteiger charge is -2.34. The SMILES string of the molecule is CC(C)N(C)CC1CCN(C(=O)CCl)CC1. The highest BCUT2D eigenvalue weighted by Gasteiger charge is 2.23. The molecular weight excluding hydrogens is 224 g/mol. The van der Waals surface area contributed by atoms with Gasteiger partial charge in [0.05, 0.1) is 0 Å². The van der Waals surface area contributed by atoms with Gasteiger partial charge in [0.2, 0.25) is 5.91 Å². The van der Waals surface area contributed by atoms with Gasteiger partial charge in [0, 0.05) is 25.7 Å². The lowest BCUT2D eigenvalue weighted by Crippen LogP contribution is -2.42. The van der Waals surface area contributed by atoms with Gasteiger partial charge in [-0.25, -0.2) is 0 Å². The summed E-state index contributed by atoms with van der Waals surface area (Å²) in [6.45, 7) is 7.32. The van der Waals surface area contributed by atoms with Crippen LogP contribution in [0.4, 0.5) is 0 Å². The first kappa shape index (κ1) is 13.8. The van der Waals surface area contributed by atoms with Crippen LogP contribution in [-0.2, 0) is 4.79 Å². The maximum Gasteiger partial charge on any atom is 0.237 e. The number of amides is 1. The van der Waals surface area contributed by atoms with Crippen molar-refractivity contribution < 1.29 is 4.79 Å². The van der Waals surface area contributed by atoms with E-state index in [1.54, 1.807) is 0 Å². The van der Waals surface area contributed by atoms with Gasteiger partial charge in [-0.1, -0.05) is 0 Å². The quantitative estimate of drug-likeness (QED) is 0.707. The second kappa shape index (κ2) is 6.45. The molecule has 0 saturated carbocycles. The summed E-state index contributed by atoms with van der Waals surface area (Å²) in [6.07, 6.45) is 2.22. The summed E-state index contributed by atoms with van der Waals surface area (Å²) in [6, 6.07) is 0.600. The van der Waals surface area contributed by atoms with Crippen LogP contribution in [0.15, 0.2) is 0 Å². The first-order valence-corrected chi connectivity index (χ1v) is 6.62. The molecule has 3 nitrogen and oxygen atoms in total. The number of nitrogens with zero attached hydrogens (tertiary/aromatic N) is 2. The summed E-state index contributed by atoms with van der Waals surface area (Å²) in [4.78, 5) is 15.7. The zero-order valence-electron chi connectivity index (χ0n) is 10.6. The highest BCUT2D eigenvalue weighted by atomic mass is 35.5. The van der Waals surface area contributed by atoms with Crippen LogP contribution >= 0.6 is 11.6 Å². The molecule has 0 aliphatic carbocycles. The summed E-state index contributed by atoms with van der Waals surface area (Å²) in [5, 5.41) is 0. The Hall–Kier alpha value is -0.280. The average molecular weight is 247 g/mol. The number of piperidine rings is 1. The minimum atomic E-state index is 0.0809. The minimum absolute atomic E-state index is 0.0809. The highest BCUT2D eigenvalue weighted by molar-refractivity contribution is 6.27. The van der Waals surface area contributed by atoms with Gasteiger partial charge >= 0.3 is 0 Å². The van der Waals surface area contributed by atoms with Crippen molar-refractivity contribution in [2.75, 3.05) is 32.6 Å². The summed E-state index contributed by atoms with van der Waals surface area (Å²) in [7, 11) is 2.17. The van der Waals surface area contributed by atoms with Crippen molar-refractivity contribution in [1.82, 2.24) is 9.80 Å². The maximum atomic E-state index is 11.4. The van der Waals surface area contributed by atoms with E-state index in [0.29, 0.717) is 6.04 Å². The van der Waals surface area contributed by atoms with Crippen LogP contribution < -0.4 is 0 Å². The fourth-order valence-electron chi connectivity index (χ4n) is 2.07. The third-order valence-corrected chi connectivity index (χ3v) is 3.74. The third-order valence-electron chi connectivity index (χ3n) is 3.51. The predicted octanol–water partition coefficient (Wildman–Crippen LogP) is 1.80. The van der Waals surface area contributed by atoms with Crippen LogP contribution in [-0.4, -0.2) is 54.3 Å². The van der Waals surface area contributed by atoms with Crippen LogP contribution in [0.25, 0.3) is 0 Å². The van der Waals surface area contributed by atoms with Gasteiger partial charge in [0.1, 0.15) is 5.88 Å². The molecule has 4 heteroatoms. The highest BCUT2D eigenvalue weighted by Crippen LogP contribution is 2.18. The molecule has 0 bridgehead atoms. The van der Waals surface area contributed by atoms with Crippen molar-refractivity contribution in [1.29, 1.82) is 0 Å². The van der Waals surface area contributed by atoms with Gasteiger partial charge in [0.15, 0.2) is 0 Å². The molecule has 0 unspecified atom stereocenters. The molecule has 16 heavy (non-hydrogen) atoms. The lowest BCUT2D eigenvalue weighted by molar-refractivity contribution is -0.129. The number of alkyl halides is 1. The second-order valence-corrected chi connectivity index (χ2v) is 5.26. The Labute approximate surface area is 104 Å². The summed E-state index contributed by atoms with van der Waals surface area (Å²) in [5.41, 5.74) is 0. The van der Waals surface area contributed by atoms with E-state index in [0.717, 1.165) is 38.4 Å². The third kappa shape index (κ3) is 3.95. The number of carbonyl (C=O) groups is 1. The standard InChI is InChI=1S/C12H23ClN2O/c1-10(2)14(3)9-11-4-6-15(7-5-11)12(16)8-13/h10-11H,4-9H2,1-3H3. The van der Waals surface area contributed by atoms with Crippen molar-refractivity contribution in [3.63, 3.8) is 0 Å². The van der Waals surface area contributed by atoms with Crippen molar-refractivity contribution in [3.05, 3.63) is 0 Å². The smallest absolute Gasteiger partial charge is 0.237 e. The first-order chi connectivity index (χ1) is 7.54. The Morgan fingerprint density at radius 3 is 2.44 bits per heavy atom. The molecule has 94 valence electrons. The van der Waals surface area contributed by atoms with E-state index in [1.807, 2.05) is 4.90 Å². The zero-order chi connectivity index (χ0) is 12.1. The van der Waals surface area contributed by atoms with Gasteiger partial charge in [-0.2, -0.15) is 0 Å². The van der Waals surface area contributed by atoms with E-state index >= 15 is 0 Å². The molecule has 0 aromatic carbocycles. The van der Waals surface area contributed by atoms with Crippen LogP contribution in [0.2, 0.25) is 0 Å². The maximum absolute atomic E-state index is 11.4. The molecule has 1 rings (SSSR count). The molecule has 1 amide bonds. The Bertz CT molecular complexity index is 225. The molecule has 0 aromatic heterocycles. The first-order valence-electron chi connectivity index (χ1n) is 6.08. The molecule has 1 saturated heterocycles. The van der Waals surface area contributed by atoms with E-state index < -0.39 is 0 Å². The van der Waals surface area contributed by atoms with E-state index in [1.165, 1.54) is 0 Å². The topological polar surface area (TPSA) is 23.6 Å². The number of hydrogen-bond acceptors (Lipinski definition) is 2. The molecule has 1 heterocycles. The number of hydrogen-bond donors (Lipinski definition) is 0. The van der Waals surface area contributed by atoms with Gasteiger partial charge in [0.25, 0.3) is 0 Å². The molecule has 1 aliphatic heterocycles. The number of likely N-dealkylation sites (tertiary alicyclic amines) is 1. The van der Waals surface area contributed by atoms with Crippen LogP contribution in [0.1, 0.15) is 26.7 Å². The van der Waals surface area contributed by atoms with Crippen molar-refractivity contribution in [2.45, 2.75) is 32.7 Å². The largest absolute Gasteiger partial charge is 0.342 e. The molecule has 0 spiro atoms. The van der Waals surface area contributed by atoms with E-state index in [-0.39, 0.29) is 11.8 Å². The monoisotopic (exact) mass is 246 g/mol. The fourth-order valence-corrected chi connectivity index (χ4v) is 2.24.